The van der Waals surface area contributed by atoms with Gasteiger partial charge < -0.3 is 9.31 Å². The molecule has 0 unspecified atom stereocenters. The summed E-state index contributed by atoms with van der Waals surface area (Å²) < 4.78 is 10.6. The van der Waals surface area contributed by atoms with Crippen LogP contribution in [0.4, 0.5) is 0 Å². The molecule has 1 fully saturated rings. The third kappa shape index (κ3) is 2.57. The van der Waals surface area contributed by atoms with Gasteiger partial charge in [0, 0.05) is 13.2 Å². The van der Waals surface area contributed by atoms with Crippen LogP contribution < -0.4 is 0 Å². The lowest BCUT2D eigenvalue weighted by Crippen LogP contribution is -2.35. The Balaban J connectivity index is 2.23. The van der Waals surface area contributed by atoms with E-state index in [2.05, 4.69) is 31.9 Å². The molecule has 1 aliphatic heterocycles. The maximum atomic E-state index is 5.22. The van der Waals surface area contributed by atoms with Gasteiger partial charge in [-0.05, 0) is 6.42 Å². The minimum Gasteiger partial charge on any atom is -0.410 e. The summed E-state index contributed by atoms with van der Waals surface area (Å²) in [6.07, 6.45) is 1.00. The van der Waals surface area contributed by atoms with Crippen molar-refractivity contribution < 1.29 is 9.31 Å². The van der Waals surface area contributed by atoms with Crippen LogP contribution >= 0.6 is 31.9 Å². The second-order valence-electron chi connectivity index (χ2n) is 1.80. The largest absolute Gasteiger partial charge is 0.482 e. The average molecular weight is 258 g/mol. The average Bonchev–Trinajstić information content (AvgIpc) is 1.90. The summed E-state index contributed by atoms with van der Waals surface area (Å²) in [7, 11) is -0.112. The maximum Gasteiger partial charge on any atom is 0.482 e. The molecule has 9 heavy (non-hydrogen) atoms. The van der Waals surface area contributed by atoms with Crippen molar-refractivity contribution in [2.24, 2.45) is 0 Å². The Bertz CT molecular complexity index is 84.6. The first-order valence-corrected chi connectivity index (χ1v) is 4.65. The third-order valence-corrected chi connectivity index (χ3v) is 1.92. The van der Waals surface area contributed by atoms with Crippen LogP contribution in [0.2, 0.25) is 0 Å². The highest BCUT2D eigenvalue weighted by molar-refractivity contribution is 9.25. The van der Waals surface area contributed by atoms with E-state index in [1.165, 1.54) is 0 Å². The summed E-state index contributed by atoms with van der Waals surface area (Å²) >= 11 is 6.61. The van der Waals surface area contributed by atoms with Crippen molar-refractivity contribution in [3.05, 3.63) is 0 Å². The molecule has 1 rings (SSSR count). The molecule has 2 nitrogen and oxygen atoms in total. The molecular formula is C4H7BBr2O2. The van der Waals surface area contributed by atoms with Gasteiger partial charge in [0.25, 0.3) is 0 Å². The van der Waals surface area contributed by atoms with Gasteiger partial charge in [0.2, 0.25) is 0 Å². The molecule has 5 heteroatoms. The van der Waals surface area contributed by atoms with Crippen LogP contribution in [0.1, 0.15) is 6.42 Å². The summed E-state index contributed by atoms with van der Waals surface area (Å²) in [5.74, 6) is 0. The van der Waals surface area contributed by atoms with Crippen molar-refractivity contribution in [1.82, 2.24) is 0 Å². The maximum absolute atomic E-state index is 5.22. The highest BCUT2D eigenvalue weighted by Crippen LogP contribution is 2.16. The molecule has 0 radical (unpaired) electrons. The fourth-order valence-corrected chi connectivity index (χ4v) is 1.26. The minimum absolute atomic E-state index is 0.112. The molecule has 0 atom stereocenters. The molecule has 0 bridgehead atoms. The van der Waals surface area contributed by atoms with Crippen LogP contribution in [-0.4, -0.2) is 24.0 Å². The predicted octanol–water partition coefficient (Wildman–Crippen LogP) is 1.57. The van der Waals surface area contributed by atoms with Crippen molar-refractivity contribution in [3.8, 4) is 0 Å². The summed E-state index contributed by atoms with van der Waals surface area (Å²) in [5, 5.41) is 0. The highest BCUT2D eigenvalue weighted by atomic mass is 79.9. The molecule has 0 N–H and O–H groups in total. The Morgan fingerprint density at radius 2 is 1.78 bits per heavy atom. The topological polar surface area (TPSA) is 18.5 Å². The van der Waals surface area contributed by atoms with Gasteiger partial charge in [-0.25, -0.2) is 0 Å². The Hall–Kier alpha value is 0.945. The van der Waals surface area contributed by atoms with Crippen molar-refractivity contribution in [2.75, 3.05) is 13.2 Å². The van der Waals surface area contributed by atoms with Gasteiger partial charge in [0.15, 0.2) is 0 Å². The Morgan fingerprint density at radius 1 is 1.22 bits per heavy atom. The number of hydrogen-bond donors (Lipinski definition) is 0. The molecule has 52 valence electrons. The first-order chi connectivity index (χ1) is 4.30. The number of hydrogen-bond acceptors (Lipinski definition) is 2. The van der Waals surface area contributed by atoms with E-state index < -0.39 is 0 Å². The molecule has 0 aromatic rings. The minimum atomic E-state index is -0.112. The smallest absolute Gasteiger partial charge is 0.410 e. The summed E-state index contributed by atoms with van der Waals surface area (Å²) in [5.41, 5.74) is 0. The zero-order chi connectivity index (χ0) is 6.69. The monoisotopic (exact) mass is 256 g/mol. The molecular weight excluding hydrogens is 251 g/mol. The molecule has 1 saturated heterocycles. The van der Waals surface area contributed by atoms with Gasteiger partial charge in [0.05, 0.1) is 0 Å². The quantitative estimate of drug-likeness (QED) is 0.524. The predicted molar refractivity (Wildman–Crippen MR) is 43.9 cm³/mol. The van der Waals surface area contributed by atoms with Gasteiger partial charge in [-0.15, -0.1) is 0 Å². The van der Waals surface area contributed by atoms with Gasteiger partial charge in [-0.1, -0.05) is 31.9 Å². The Labute approximate surface area is 71.7 Å². The van der Waals surface area contributed by atoms with Crippen molar-refractivity contribution in [3.63, 3.8) is 0 Å². The van der Waals surface area contributed by atoms with Crippen LogP contribution in [0.5, 0.6) is 0 Å². The van der Waals surface area contributed by atoms with E-state index in [-0.39, 0.29) is 10.8 Å². The summed E-state index contributed by atoms with van der Waals surface area (Å²) in [6.45, 7) is 1.61. The van der Waals surface area contributed by atoms with Crippen molar-refractivity contribution in [2.45, 2.75) is 10.1 Å². The van der Waals surface area contributed by atoms with Gasteiger partial charge in [0.1, 0.15) is 3.64 Å². The van der Waals surface area contributed by atoms with Crippen LogP contribution in [0.25, 0.3) is 0 Å². The number of rotatable bonds is 1. The Morgan fingerprint density at radius 3 is 2.11 bits per heavy atom. The zero-order valence-electron chi connectivity index (χ0n) is 4.85. The lowest BCUT2D eigenvalue weighted by atomic mass is 9.94. The molecule has 0 amide bonds. The van der Waals surface area contributed by atoms with Crippen LogP contribution in [0.15, 0.2) is 0 Å². The first kappa shape index (κ1) is 8.05. The zero-order valence-corrected chi connectivity index (χ0v) is 8.02. The van der Waals surface area contributed by atoms with Crippen molar-refractivity contribution in [1.29, 1.82) is 0 Å². The molecule has 0 aliphatic carbocycles. The second-order valence-corrected chi connectivity index (χ2v) is 5.00. The van der Waals surface area contributed by atoms with Crippen molar-refractivity contribution >= 4 is 39.0 Å². The van der Waals surface area contributed by atoms with E-state index in [1.54, 1.807) is 0 Å². The normalized spacial score (nSPS) is 21.0. The molecule has 1 aliphatic rings. The Kier molecular flexibility index (Phi) is 3.54. The van der Waals surface area contributed by atoms with Crippen LogP contribution in [-0.2, 0) is 9.31 Å². The van der Waals surface area contributed by atoms with Gasteiger partial charge in [-0.3, -0.25) is 0 Å². The fraction of sp³-hybridized carbons (Fsp3) is 1.00. The van der Waals surface area contributed by atoms with Gasteiger partial charge >= 0.3 is 7.12 Å². The lowest BCUT2D eigenvalue weighted by molar-refractivity contribution is 0.137. The van der Waals surface area contributed by atoms with E-state index in [0.717, 1.165) is 19.6 Å². The lowest BCUT2D eigenvalue weighted by Gasteiger charge is -2.20. The molecule has 0 aromatic carbocycles. The van der Waals surface area contributed by atoms with E-state index in [9.17, 15) is 0 Å². The SMILES string of the molecule is BrC(Br)B1OCCCO1. The van der Waals surface area contributed by atoms with Crippen LogP contribution in [0, 0.1) is 0 Å². The number of halogens is 2. The molecule has 0 saturated carbocycles. The van der Waals surface area contributed by atoms with E-state index in [1.807, 2.05) is 0 Å². The highest BCUT2D eigenvalue weighted by Gasteiger charge is 2.28. The third-order valence-electron chi connectivity index (χ3n) is 1.06. The summed E-state index contributed by atoms with van der Waals surface area (Å²) in [6, 6.07) is 0. The summed E-state index contributed by atoms with van der Waals surface area (Å²) in [4.78, 5) is 0. The van der Waals surface area contributed by atoms with E-state index in [0.29, 0.717) is 0 Å². The second kappa shape index (κ2) is 3.96. The fourth-order valence-electron chi connectivity index (χ4n) is 0.651. The molecule has 0 spiro atoms. The van der Waals surface area contributed by atoms with E-state index >= 15 is 0 Å². The molecule has 1 heterocycles. The van der Waals surface area contributed by atoms with E-state index in [4.69, 9.17) is 9.31 Å². The number of alkyl halides is 2. The van der Waals surface area contributed by atoms with Crippen LogP contribution in [0.3, 0.4) is 0 Å². The first-order valence-electron chi connectivity index (χ1n) is 2.82. The van der Waals surface area contributed by atoms with Gasteiger partial charge in [-0.2, -0.15) is 0 Å². The standard InChI is InChI=1S/C4H7BBr2O2/c6-4(7)5-8-2-1-3-9-5/h4H,1-3H2. The molecule has 0 aromatic heterocycles.